The van der Waals surface area contributed by atoms with Crippen molar-refractivity contribution in [2.45, 2.75) is 6.42 Å². The van der Waals surface area contributed by atoms with Gasteiger partial charge in [0.1, 0.15) is 5.75 Å². The molecule has 0 spiro atoms. The van der Waals surface area contributed by atoms with E-state index in [4.69, 9.17) is 4.74 Å². The molecule has 0 unspecified atom stereocenters. The Labute approximate surface area is 133 Å². The van der Waals surface area contributed by atoms with Gasteiger partial charge < -0.3 is 14.5 Å². The van der Waals surface area contributed by atoms with Gasteiger partial charge in [0.2, 0.25) is 0 Å². The average Bonchev–Trinajstić information content (AvgIpc) is 2.57. The molecule has 0 aliphatic carbocycles. The van der Waals surface area contributed by atoms with Gasteiger partial charge in [0.25, 0.3) is 0 Å². The van der Waals surface area contributed by atoms with E-state index in [1.807, 2.05) is 12.1 Å². The number of rotatable bonds is 4. The topological polar surface area (TPSA) is 15.7 Å². The molecule has 116 valence electrons. The smallest absolute Gasteiger partial charge is 0.122 e. The Kier molecular flexibility index (Phi) is 4.64. The Morgan fingerprint density at radius 2 is 1.50 bits per heavy atom. The van der Waals surface area contributed by atoms with Gasteiger partial charge in [-0.1, -0.05) is 36.4 Å². The molecule has 3 nitrogen and oxygen atoms in total. The summed E-state index contributed by atoms with van der Waals surface area (Å²) in [5.41, 5.74) is 3.98. The zero-order valence-electron chi connectivity index (χ0n) is 13.5. The third-order valence-electron chi connectivity index (χ3n) is 4.41. The van der Waals surface area contributed by atoms with Gasteiger partial charge in [-0.2, -0.15) is 0 Å². The fourth-order valence-electron chi connectivity index (χ4n) is 3.07. The van der Waals surface area contributed by atoms with Crippen molar-refractivity contribution in [3.8, 4) is 5.75 Å². The van der Waals surface area contributed by atoms with Crippen LogP contribution >= 0.6 is 0 Å². The van der Waals surface area contributed by atoms with Crippen LogP contribution in [0.25, 0.3) is 0 Å². The molecule has 0 saturated carbocycles. The normalized spacial score (nSPS) is 15.8. The minimum Gasteiger partial charge on any atom is -0.496 e. The van der Waals surface area contributed by atoms with Crippen LogP contribution in [0, 0.1) is 0 Å². The molecular formula is C19H24N2O. The van der Waals surface area contributed by atoms with Crippen molar-refractivity contribution in [1.29, 1.82) is 0 Å². The second kappa shape index (κ2) is 6.84. The molecule has 0 amide bonds. The number of hydrogen-bond donors (Lipinski definition) is 0. The standard InChI is InChI=1S/C19H24N2O/c1-20-11-13-21(14-12-20)18-9-5-3-7-16(18)15-17-8-4-6-10-19(17)22-2/h3-10H,11-15H2,1-2H3. The summed E-state index contributed by atoms with van der Waals surface area (Å²) in [5.74, 6) is 0.968. The second-order valence-corrected chi connectivity index (χ2v) is 5.91. The first kappa shape index (κ1) is 14.9. The van der Waals surface area contributed by atoms with Crippen LogP contribution in [-0.2, 0) is 6.42 Å². The minimum absolute atomic E-state index is 0.909. The first-order chi connectivity index (χ1) is 10.8. The van der Waals surface area contributed by atoms with Crippen LogP contribution in [0.3, 0.4) is 0 Å². The lowest BCUT2D eigenvalue weighted by Crippen LogP contribution is -2.44. The van der Waals surface area contributed by atoms with E-state index in [0.29, 0.717) is 0 Å². The summed E-state index contributed by atoms with van der Waals surface area (Å²) in [7, 11) is 3.93. The van der Waals surface area contributed by atoms with Crippen LogP contribution in [0.1, 0.15) is 11.1 Å². The van der Waals surface area contributed by atoms with E-state index in [-0.39, 0.29) is 0 Å². The van der Waals surface area contributed by atoms with Crippen molar-refractivity contribution < 1.29 is 4.74 Å². The predicted octanol–water partition coefficient (Wildman–Crippen LogP) is 3.04. The maximum absolute atomic E-state index is 5.50. The van der Waals surface area contributed by atoms with Crippen molar-refractivity contribution >= 4 is 5.69 Å². The summed E-state index contributed by atoms with van der Waals surface area (Å²) < 4.78 is 5.50. The Hall–Kier alpha value is -2.00. The van der Waals surface area contributed by atoms with Crippen molar-refractivity contribution in [1.82, 2.24) is 4.90 Å². The first-order valence-electron chi connectivity index (χ1n) is 7.91. The number of benzene rings is 2. The molecule has 3 heteroatoms. The van der Waals surface area contributed by atoms with E-state index in [0.717, 1.165) is 38.3 Å². The molecule has 22 heavy (non-hydrogen) atoms. The predicted molar refractivity (Wildman–Crippen MR) is 92.0 cm³/mol. The number of methoxy groups -OCH3 is 1. The Balaban J connectivity index is 1.85. The van der Waals surface area contributed by atoms with E-state index in [2.05, 4.69) is 53.2 Å². The molecule has 1 aliphatic heterocycles. The number of ether oxygens (including phenoxy) is 1. The van der Waals surface area contributed by atoms with Crippen molar-refractivity contribution in [3.63, 3.8) is 0 Å². The SMILES string of the molecule is COc1ccccc1Cc1ccccc1N1CCN(C)CC1. The van der Waals surface area contributed by atoms with Crippen LogP contribution in [0.5, 0.6) is 5.75 Å². The number of hydrogen-bond acceptors (Lipinski definition) is 3. The monoisotopic (exact) mass is 296 g/mol. The van der Waals surface area contributed by atoms with Crippen molar-refractivity contribution in [2.24, 2.45) is 0 Å². The lowest BCUT2D eigenvalue weighted by Gasteiger charge is -2.35. The maximum Gasteiger partial charge on any atom is 0.122 e. The molecule has 0 atom stereocenters. The fraction of sp³-hybridized carbons (Fsp3) is 0.368. The summed E-state index contributed by atoms with van der Waals surface area (Å²) in [6, 6.07) is 17.0. The average molecular weight is 296 g/mol. The summed E-state index contributed by atoms with van der Waals surface area (Å²) in [5, 5.41) is 0. The lowest BCUT2D eigenvalue weighted by molar-refractivity contribution is 0.312. The Morgan fingerprint density at radius 3 is 2.23 bits per heavy atom. The molecule has 2 aromatic carbocycles. The number of likely N-dealkylation sites (N-methyl/N-ethyl adjacent to an activating group) is 1. The summed E-state index contributed by atoms with van der Waals surface area (Å²) in [6.45, 7) is 4.45. The van der Waals surface area contributed by atoms with Crippen LogP contribution in [-0.4, -0.2) is 45.2 Å². The quantitative estimate of drug-likeness (QED) is 0.862. The Bertz CT molecular complexity index is 618. The van der Waals surface area contributed by atoms with Crippen LogP contribution in [0.4, 0.5) is 5.69 Å². The number of anilines is 1. The maximum atomic E-state index is 5.50. The summed E-state index contributed by atoms with van der Waals surface area (Å²) >= 11 is 0. The number of piperazine rings is 1. The molecule has 0 aromatic heterocycles. The van der Waals surface area contributed by atoms with Crippen LogP contribution < -0.4 is 9.64 Å². The number of para-hydroxylation sites is 2. The minimum atomic E-state index is 0.909. The second-order valence-electron chi connectivity index (χ2n) is 5.91. The Morgan fingerprint density at radius 1 is 0.864 bits per heavy atom. The van der Waals surface area contributed by atoms with Crippen LogP contribution in [0.2, 0.25) is 0 Å². The first-order valence-corrected chi connectivity index (χ1v) is 7.91. The zero-order valence-corrected chi connectivity index (χ0v) is 13.5. The molecule has 2 aromatic rings. The highest BCUT2D eigenvalue weighted by Gasteiger charge is 2.17. The molecule has 3 rings (SSSR count). The fourth-order valence-corrected chi connectivity index (χ4v) is 3.07. The molecule has 0 N–H and O–H groups in total. The van der Waals surface area contributed by atoms with Gasteiger partial charge >= 0.3 is 0 Å². The van der Waals surface area contributed by atoms with Crippen molar-refractivity contribution in [3.05, 3.63) is 59.7 Å². The van der Waals surface area contributed by atoms with E-state index in [1.165, 1.54) is 16.8 Å². The molecular weight excluding hydrogens is 272 g/mol. The van der Waals surface area contributed by atoms with E-state index in [9.17, 15) is 0 Å². The zero-order chi connectivity index (χ0) is 15.4. The lowest BCUT2D eigenvalue weighted by atomic mass is 10.0. The van der Waals surface area contributed by atoms with Gasteiger partial charge in [-0.15, -0.1) is 0 Å². The van der Waals surface area contributed by atoms with Gasteiger partial charge in [-0.05, 0) is 30.3 Å². The van der Waals surface area contributed by atoms with Gasteiger partial charge in [-0.25, -0.2) is 0 Å². The van der Waals surface area contributed by atoms with E-state index < -0.39 is 0 Å². The largest absolute Gasteiger partial charge is 0.496 e. The third kappa shape index (κ3) is 3.25. The molecule has 1 heterocycles. The van der Waals surface area contributed by atoms with E-state index in [1.54, 1.807) is 7.11 Å². The van der Waals surface area contributed by atoms with Gasteiger partial charge in [0.15, 0.2) is 0 Å². The summed E-state index contributed by atoms with van der Waals surface area (Å²) in [6.07, 6.45) is 0.909. The van der Waals surface area contributed by atoms with Gasteiger partial charge in [0, 0.05) is 38.3 Å². The van der Waals surface area contributed by atoms with Gasteiger partial charge in [-0.3, -0.25) is 0 Å². The molecule has 1 aliphatic rings. The highest BCUT2D eigenvalue weighted by molar-refractivity contribution is 5.56. The van der Waals surface area contributed by atoms with Crippen molar-refractivity contribution in [2.75, 3.05) is 45.2 Å². The summed E-state index contributed by atoms with van der Waals surface area (Å²) in [4.78, 5) is 4.89. The highest BCUT2D eigenvalue weighted by Crippen LogP contribution is 2.27. The van der Waals surface area contributed by atoms with Crippen LogP contribution in [0.15, 0.2) is 48.5 Å². The third-order valence-corrected chi connectivity index (χ3v) is 4.41. The number of nitrogens with zero attached hydrogens (tertiary/aromatic N) is 2. The highest BCUT2D eigenvalue weighted by atomic mass is 16.5. The molecule has 0 bridgehead atoms. The van der Waals surface area contributed by atoms with Gasteiger partial charge in [0.05, 0.1) is 7.11 Å². The molecule has 1 saturated heterocycles. The van der Waals surface area contributed by atoms with E-state index >= 15 is 0 Å². The molecule has 1 fully saturated rings. The molecule has 0 radical (unpaired) electrons.